The van der Waals surface area contributed by atoms with E-state index in [9.17, 15) is 4.79 Å². The Morgan fingerprint density at radius 3 is 2.18 bits per heavy atom. The highest BCUT2D eigenvalue weighted by atomic mass is 16.1. The summed E-state index contributed by atoms with van der Waals surface area (Å²) in [5.74, 6) is 0.932. The van der Waals surface area contributed by atoms with E-state index in [2.05, 4.69) is 27.7 Å². The molecule has 11 heavy (non-hydrogen) atoms. The van der Waals surface area contributed by atoms with Crippen LogP contribution in [0.2, 0.25) is 0 Å². The van der Waals surface area contributed by atoms with Gasteiger partial charge in [-0.15, -0.1) is 0 Å². The third-order valence-electron chi connectivity index (χ3n) is 2.65. The zero-order valence-electron chi connectivity index (χ0n) is 8.40. The molecular formula is C10H20O. The van der Waals surface area contributed by atoms with Crippen LogP contribution in [-0.4, -0.2) is 5.78 Å². The predicted molar refractivity (Wildman–Crippen MR) is 48.5 cm³/mol. The molecule has 1 unspecified atom stereocenters. The highest BCUT2D eigenvalue weighted by molar-refractivity contribution is 5.76. The van der Waals surface area contributed by atoms with Gasteiger partial charge in [0.2, 0.25) is 0 Å². The summed E-state index contributed by atoms with van der Waals surface area (Å²) in [6.45, 7) is 10.4. The van der Waals surface area contributed by atoms with E-state index in [4.69, 9.17) is 0 Å². The predicted octanol–water partition coefficient (Wildman–Crippen LogP) is 3.04. The number of hydrogen-bond donors (Lipinski definition) is 0. The molecule has 0 bridgehead atoms. The molecule has 0 saturated heterocycles. The molecule has 0 aliphatic heterocycles. The van der Waals surface area contributed by atoms with E-state index in [1.54, 1.807) is 6.92 Å². The largest absolute Gasteiger partial charge is 0.300 e. The lowest BCUT2D eigenvalue weighted by atomic mass is 9.75. The van der Waals surface area contributed by atoms with Gasteiger partial charge in [-0.05, 0) is 18.3 Å². The summed E-state index contributed by atoms with van der Waals surface area (Å²) in [5.41, 5.74) is 0.181. The van der Waals surface area contributed by atoms with Crippen LogP contribution in [0.3, 0.4) is 0 Å². The Bertz CT molecular complexity index is 136. The van der Waals surface area contributed by atoms with Gasteiger partial charge in [-0.2, -0.15) is 0 Å². The minimum atomic E-state index is 0.181. The van der Waals surface area contributed by atoms with Crippen molar-refractivity contribution in [2.75, 3.05) is 0 Å². The topological polar surface area (TPSA) is 17.1 Å². The lowest BCUT2D eigenvalue weighted by molar-refractivity contribution is -0.119. The van der Waals surface area contributed by atoms with Crippen LogP contribution >= 0.6 is 0 Å². The molecule has 0 amide bonds. The molecule has 0 rings (SSSR count). The van der Waals surface area contributed by atoms with Crippen molar-refractivity contribution in [3.05, 3.63) is 0 Å². The third kappa shape index (κ3) is 3.54. The molecule has 0 N–H and O–H groups in total. The van der Waals surface area contributed by atoms with Crippen LogP contribution in [0, 0.1) is 11.3 Å². The molecule has 0 aromatic carbocycles. The van der Waals surface area contributed by atoms with Gasteiger partial charge in [0.15, 0.2) is 0 Å². The van der Waals surface area contributed by atoms with Crippen molar-refractivity contribution in [2.24, 2.45) is 11.3 Å². The zero-order chi connectivity index (χ0) is 9.07. The Morgan fingerprint density at radius 1 is 1.45 bits per heavy atom. The summed E-state index contributed by atoms with van der Waals surface area (Å²) in [4.78, 5) is 10.9. The molecule has 0 saturated carbocycles. The number of carbonyl (C=O) groups is 1. The lowest BCUT2D eigenvalue weighted by Crippen LogP contribution is -2.23. The molecule has 1 heteroatoms. The van der Waals surface area contributed by atoms with Crippen LogP contribution in [-0.2, 0) is 4.79 Å². The van der Waals surface area contributed by atoms with Gasteiger partial charge in [-0.3, -0.25) is 0 Å². The standard InChI is InChI=1S/C10H20O/c1-6-8(2)10(4,5)7-9(3)11/h8H,6-7H2,1-5H3. The molecular weight excluding hydrogens is 136 g/mol. The second-order valence-corrected chi connectivity index (χ2v) is 4.18. The number of carbonyl (C=O) groups excluding carboxylic acids is 1. The van der Waals surface area contributed by atoms with Crippen molar-refractivity contribution < 1.29 is 4.79 Å². The van der Waals surface area contributed by atoms with Crippen molar-refractivity contribution >= 4 is 5.78 Å². The van der Waals surface area contributed by atoms with Gasteiger partial charge in [0.25, 0.3) is 0 Å². The van der Waals surface area contributed by atoms with Gasteiger partial charge in [0.05, 0.1) is 0 Å². The molecule has 0 aliphatic rings. The average molecular weight is 156 g/mol. The fraction of sp³-hybridized carbons (Fsp3) is 0.900. The maximum absolute atomic E-state index is 10.9. The summed E-state index contributed by atoms with van der Waals surface area (Å²) in [6.07, 6.45) is 1.86. The molecule has 0 fully saturated rings. The molecule has 0 aromatic heterocycles. The van der Waals surface area contributed by atoms with Crippen LogP contribution in [0.25, 0.3) is 0 Å². The Labute approximate surface area is 70.2 Å². The van der Waals surface area contributed by atoms with E-state index in [1.807, 2.05) is 0 Å². The normalized spacial score (nSPS) is 14.6. The Hall–Kier alpha value is -0.330. The van der Waals surface area contributed by atoms with Gasteiger partial charge in [0, 0.05) is 6.42 Å². The van der Waals surface area contributed by atoms with Gasteiger partial charge in [-0.25, -0.2) is 0 Å². The van der Waals surface area contributed by atoms with Gasteiger partial charge < -0.3 is 4.79 Å². The first kappa shape index (κ1) is 10.7. The van der Waals surface area contributed by atoms with Crippen LogP contribution in [0.15, 0.2) is 0 Å². The average Bonchev–Trinajstić information content (AvgIpc) is 1.83. The first-order chi connectivity index (χ1) is 4.90. The van der Waals surface area contributed by atoms with E-state index in [0.717, 1.165) is 6.42 Å². The van der Waals surface area contributed by atoms with E-state index >= 15 is 0 Å². The monoisotopic (exact) mass is 156 g/mol. The molecule has 1 atom stereocenters. The molecule has 0 aromatic rings. The highest BCUT2D eigenvalue weighted by Gasteiger charge is 2.25. The van der Waals surface area contributed by atoms with Gasteiger partial charge in [-0.1, -0.05) is 34.1 Å². The van der Waals surface area contributed by atoms with Gasteiger partial charge in [0.1, 0.15) is 5.78 Å². The molecule has 0 aliphatic carbocycles. The van der Waals surface area contributed by atoms with E-state index in [-0.39, 0.29) is 5.41 Å². The van der Waals surface area contributed by atoms with Crippen LogP contribution in [0.1, 0.15) is 47.5 Å². The molecule has 0 heterocycles. The lowest BCUT2D eigenvalue weighted by Gasteiger charge is -2.29. The second kappa shape index (κ2) is 3.89. The van der Waals surface area contributed by atoms with E-state index < -0.39 is 0 Å². The Balaban J connectivity index is 4.08. The van der Waals surface area contributed by atoms with Crippen LogP contribution in [0.5, 0.6) is 0 Å². The van der Waals surface area contributed by atoms with Crippen molar-refractivity contribution in [1.82, 2.24) is 0 Å². The highest BCUT2D eigenvalue weighted by Crippen LogP contribution is 2.32. The smallest absolute Gasteiger partial charge is 0.130 e. The summed E-state index contributed by atoms with van der Waals surface area (Å²) < 4.78 is 0. The van der Waals surface area contributed by atoms with Crippen molar-refractivity contribution in [3.63, 3.8) is 0 Å². The molecule has 1 nitrogen and oxygen atoms in total. The van der Waals surface area contributed by atoms with Crippen LogP contribution in [0.4, 0.5) is 0 Å². The second-order valence-electron chi connectivity index (χ2n) is 4.18. The van der Waals surface area contributed by atoms with Crippen molar-refractivity contribution in [1.29, 1.82) is 0 Å². The van der Waals surface area contributed by atoms with Crippen LogP contribution < -0.4 is 0 Å². The molecule has 0 spiro atoms. The molecule has 66 valence electrons. The quantitative estimate of drug-likeness (QED) is 0.611. The summed E-state index contributed by atoms with van der Waals surface area (Å²) in [6, 6.07) is 0. The number of hydrogen-bond acceptors (Lipinski definition) is 1. The number of ketones is 1. The minimum Gasteiger partial charge on any atom is -0.300 e. The van der Waals surface area contributed by atoms with Crippen molar-refractivity contribution in [3.8, 4) is 0 Å². The fourth-order valence-corrected chi connectivity index (χ4v) is 1.37. The SMILES string of the molecule is CCC(C)C(C)(C)CC(C)=O. The van der Waals surface area contributed by atoms with E-state index in [0.29, 0.717) is 18.1 Å². The Kier molecular flexibility index (Phi) is 3.77. The van der Waals surface area contributed by atoms with Crippen molar-refractivity contribution in [2.45, 2.75) is 47.5 Å². The summed E-state index contributed by atoms with van der Waals surface area (Å²) >= 11 is 0. The third-order valence-corrected chi connectivity index (χ3v) is 2.65. The first-order valence-electron chi connectivity index (χ1n) is 4.39. The maximum atomic E-state index is 10.9. The first-order valence-corrected chi connectivity index (χ1v) is 4.39. The van der Waals surface area contributed by atoms with Gasteiger partial charge >= 0.3 is 0 Å². The fourth-order valence-electron chi connectivity index (χ4n) is 1.37. The van der Waals surface area contributed by atoms with E-state index in [1.165, 1.54) is 0 Å². The molecule has 0 radical (unpaired) electrons. The minimum absolute atomic E-state index is 0.181. The zero-order valence-corrected chi connectivity index (χ0v) is 8.40. The summed E-state index contributed by atoms with van der Waals surface area (Å²) in [5, 5.41) is 0. The number of rotatable bonds is 4. The summed E-state index contributed by atoms with van der Waals surface area (Å²) in [7, 11) is 0. The maximum Gasteiger partial charge on any atom is 0.130 e. The number of Topliss-reactive ketones (excluding diaryl/α,β-unsaturated/α-hetero) is 1. The Morgan fingerprint density at radius 2 is 1.91 bits per heavy atom.